The number of carbonyl (C=O) groups is 1. The fraction of sp³-hybridized carbons (Fsp3) is 0.500. The fourth-order valence-electron chi connectivity index (χ4n) is 2.18. The van der Waals surface area contributed by atoms with Crippen molar-refractivity contribution in [3.8, 4) is 0 Å². The van der Waals surface area contributed by atoms with Crippen LogP contribution < -0.4 is 11.1 Å². The number of nitrogens with two attached hydrogens (primary N) is 1. The molecule has 0 aliphatic carbocycles. The Hall–Kier alpha value is -1.50. The number of carbonyl (C=O) groups excluding carboxylic acids is 1. The third-order valence-corrected chi connectivity index (χ3v) is 3.56. The molecule has 0 saturated carbocycles. The van der Waals surface area contributed by atoms with E-state index in [0.29, 0.717) is 26.1 Å². The van der Waals surface area contributed by atoms with E-state index < -0.39 is 17.5 Å². The van der Waals surface area contributed by atoms with Crippen LogP contribution in [0.5, 0.6) is 0 Å². The molecule has 1 saturated heterocycles. The number of aliphatic hydroxyl groups is 1. The van der Waals surface area contributed by atoms with E-state index in [4.69, 9.17) is 10.5 Å². The highest BCUT2D eigenvalue weighted by Crippen LogP contribution is 2.19. The third-order valence-electron chi connectivity index (χ3n) is 3.56. The molecule has 0 bridgehead atoms. The van der Waals surface area contributed by atoms with Gasteiger partial charge >= 0.3 is 0 Å². The van der Waals surface area contributed by atoms with Crippen molar-refractivity contribution in [2.24, 2.45) is 5.73 Å². The number of hydrogen-bond donors (Lipinski definition) is 3. The molecule has 1 aromatic rings. The number of ether oxygens (including phenoxy) is 1. The van der Waals surface area contributed by atoms with Crippen LogP contribution in [0.4, 0.5) is 4.39 Å². The Morgan fingerprint density at radius 3 is 2.75 bits per heavy atom. The van der Waals surface area contributed by atoms with Crippen molar-refractivity contribution in [3.05, 3.63) is 35.6 Å². The Morgan fingerprint density at radius 2 is 2.10 bits per heavy atom. The average Bonchev–Trinajstić information content (AvgIpc) is 2.45. The standard InChI is InChI=1S/C14H19FN2O3/c15-11-4-2-1-3-10(11)12(18)9-17-13(19)14(16)5-7-20-8-6-14/h1-4,12,18H,5-9,16H2,(H,17,19). The first-order valence-corrected chi connectivity index (χ1v) is 6.60. The largest absolute Gasteiger partial charge is 0.386 e. The first-order valence-electron chi connectivity index (χ1n) is 6.60. The molecule has 110 valence electrons. The fourth-order valence-corrected chi connectivity index (χ4v) is 2.18. The first-order chi connectivity index (χ1) is 9.53. The van der Waals surface area contributed by atoms with E-state index in [1.54, 1.807) is 12.1 Å². The van der Waals surface area contributed by atoms with Gasteiger partial charge in [0.2, 0.25) is 5.91 Å². The molecule has 1 aromatic carbocycles. The normalized spacial score (nSPS) is 19.4. The van der Waals surface area contributed by atoms with Crippen LogP contribution in [0.2, 0.25) is 0 Å². The summed E-state index contributed by atoms with van der Waals surface area (Å²) in [7, 11) is 0. The van der Waals surface area contributed by atoms with Crippen LogP contribution in [0, 0.1) is 5.82 Å². The summed E-state index contributed by atoms with van der Waals surface area (Å²) in [4.78, 5) is 12.0. The van der Waals surface area contributed by atoms with Gasteiger partial charge in [-0.25, -0.2) is 4.39 Å². The van der Waals surface area contributed by atoms with Crippen molar-refractivity contribution in [1.82, 2.24) is 5.32 Å². The lowest BCUT2D eigenvalue weighted by Gasteiger charge is -2.32. The number of nitrogens with one attached hydrogen (secondary N) is 1. The highest BCUT2D eigenvalue weighted by molar-refractivity contribution is 5.86. The zero-order valence-corrected chi connectivity index (χ0v) is 11.1. The molecular weight excluding hydrogens is 263 g/mol. The van der Waals surface area contributed by atoms with E-state index in [1.807, 2.05) is 0 Å². The molecule has 1 heterocycles. The van der Waals surface area contributed by atoms with Gasteiger partial charge in [0.1, 0.15) is 5.82 Å². The van der Waals surface area contributed by atoms with Gasteiger partial charge < -0.3 is 20.9 Å². The minimum Gasteiger partial charge on any atom is -0.386 e. The quantitative estimate of drug-likeness (QED) is 0.750. The van der Waals surface area contributed by atoms with Crippen LogP contribution in [0.3, 0.4) is 0 Å². The Kier molecular flexibility index (Phi) is 4.69. The van der Waals surface area contributed by atoms with E-state index in [-0.39, 0.29) is 18.0 Å². The molecule has 4 N–H and O–H groups in total. The predicted molar refractivity (Wildman–Crippen MR) is 71.3 cm³/mol. The van der Waals surface area contributed by atoms with Crippen molar-refractivity contribution in [2.45, 2.75) is 24.5 Å². The minimum absolute atomic E-state index is 0.0699. The lowest BCUT2D eigenvalue weighted by Crippen LogP contribution is -2.57. The maximum absolute atomic E-state index is 13.5. The van der Waals surface area contributed by atoms with Crippen LogP contribution >= 0.6 is 0 Å². The van der Waals surface area contributed by atoms with E-state index in [0.717, 1.165) is 0 Å². The Bertz CT molecular complexity index is 475. The zero-order valence-electron chi connectivity index (χ0n) is 11.1. The molecular formula is C14H19FN2O3. The minimum atomic E-state index is -1.09. The average molecular weight is 282 g/mol. The molecule has 20 heavy (non-hydrogen) atoms. The van der Waals surface area contributed by atoms with E-state index in [1.165, 1.54) is 12.1 Å². The maximum Gasteiger partial charge on any atom is 0.240 e. The summed E-state index contributed by atoms with van der Waals surface area (Å²) in [5.41, 5.74) is 5.20. The molecule has 1 aliphatic rings. The van der Waals surface area contributed by atoms with Gasteiger partial charge in [-0.2, -0.15) is 0 Å². The van der Waals surface area contributed by atoms with Crippen LogP contribution in [0.1, 0.15) is 24.5 Å². The van der Waals surface area contributed by atoms with Crippen LogP contribution in [-0.2, 0) is 9.53 Å². The van der Waals surface area contributed by atoms with Crippen LogP contribution in [-0.4, -0.2) is 36.3 Å². The Balaban J connectivity index is 1.91. The zero-order chi connectivity index (χ0) is 14.6. The number of aliphatic hydroxyl groups excluding tert-OH is 1. The topological polar surface area (TPSA) is 84.6 Å². The Labute approximate surface area is 116 Å². The van der Waals surface area contributed by atoms with Crippen LogP contribution in [0.15, 0.2) is 24.3 Å². The highest BCUT2D eigenvalue weighted by atomic mass is 19.1. The highest BCUT2D eigenvalue weighted by Gasteiger charge is 2.35. The first kappa shape index (κ1) is 14.9. The van der Waals surface area contributed by atoms with Crippen LogP contribution in [0.25, 0.3) is 0 Å². The van der Waals surface area contributed by atoms with E-state index in [9.17, 15) is 14.3 Å². The Morgan fingerprint density at radius 1 is 1.45 bits per heavy atom. The molecule has 6 heteroatoms. The number of benzene rings is 1. The monoisotopic (exact) mass is 282 g/mol. The van der Waals surface area contributed by atoms with E-state index >= 15 is 0 Å². The van der Waals surface area contributed by atoms with Crippen molar-refractivity contribution >= 4 is 5.91 Å². The number of hydrogen-bond acceptors (Lipinski definition) is 4. The van der Waals surface area contributed by atoms with Gasteiger partial charge in [0, 0.05) is 25.3 Å². The molecule has 2 rings (SSSR count). The van der Waals surface area contributed by atoms with Gasteiger partial charge in [0.15, 0.2) is 0 Å². The van der Waals surface area contributed by atoms with Gasteiger partial charge in [0.25, 0.3) is 0 Å². The molecule has 1 atom stereocenters. The van der Waals surface area contributed by atoms with Gasteiger partial charge in [-0.3, -0.25) is 4.79 Å². The van der Waals surface area contributed by atoms with Crippen molar-refractivity contribution in [1.29, 1.82) is 0 Å². The molecule has 0 radical (unpaired) electrons. The summed E-state index contributed by atoms with van der Waals surface area (Å²) < 4.78 is 18.6. The van der Waals surface area contributed by atoms with Crippen molar-refractivity contribution in [3.63, 3.8) is 0 Å². The van der Waals surface area contributed by atoms with E-state index in [2.05, 4.69) is 5.32 Å². The third kappa shape index (κ3) is 3.33. The van der Waals surface area contributed by atoms with Gasteiger partial charge in [-0.15, -0.1) is 0 Å². The smallest absolute Gasteiger partial charge is 0.240 e. The van der Waals surface area contributed by atoms with Gasteiger partial charge in [0.05, 0.1) is 11.6 Å². The second-order valence-electron chi connectivity index (χ2n) is 5.02. The SMILES string of the molecule is NC1(C(=O)NCC(O)c2ccccc2F)CCOCC1. The molecule has 5 nitrogen and oxygen atoms in total. The lowest BCUT2D eigenvalue weighted by molar-refractivity contribution is -0.130. The van der Waals surface area contributed by atoms with Crippen molar-refractivity contribution in [2.75, 3.05) is 19.8 Å². The molecule has 1 aliphatic heterocycles. The number of halogens is 1. The molecule has 0 aromatic heterocycles. The molecule has 0 spiro atoms. The number of rotatable bonds is 4. The predicted octanol–water partition coefficient (Wildman–Crippen LogP) is 0.483. The summed E-state index contributed by atoms with van der Waals surface area (Å²) in [6.07, 6.45) is -0.216. The second kappa shape index (κ2) is 6.30. The summed E-state index contributed by atoms with van der Waals surface area (Å²) in [6.45, 7) is 0.819. The molecule has 1 amide bonds. The number of amides is 1. The van der Waals surface area contributed by atoms with Gasteiger partial charge in [-0.1, -0.05) is 18.2 Å². The summed E-state index contributed by atoms with van der Waals surface area (Å²) in [6, 6.07) is 5.93. The molecule has 1 fully saturated rings. The summed E-state index contributed by atoms with van der Waals surface area (Å²) in [5.74, 6) is -0.834. The summed E-state index contributed by atoms with van der Waals surface area (Å²) in [5, 5.41) is 12.5. The molecule has 1 unspecified atom stereocenters. The second-order valence-corrected chi connectivity index (χ2v) is 5.02. The summed E-state index contributed by atoms with van der Waals surface area (Å²) >= 11 is 0. The maximum atomic E-state index is 13.5. The van der Waals surface area contributed by atoms with Gasteiger partial charge in [-0.05, 0) is 18.9 Å². The van der Waals surface area contributed by atoms with Crippen molar-refractivity contribution < 1.29 is 19.0 Å². The lowest BCUT2D eigenvalue weighted by atomic mass is 9.90.